The zero-order valence-corrected chi connectivity index (χ0v) is 20.2. The Balaban J connectivity index is 1.79. The number of carbonyl (C=O) groups excluding carboxylic acids is 2. The SMILES string of the molecule is CC[C@@]1(OC(C)=O)C(=O)OCc2c1cc1n(c2=O)Cc2c-1nc1cccc(N)c1c2NCC(C)C. The Bertz CT molecular complexity index is 1460. The smallest absolute Gasteiger partial charge is 0.355 e. The Morgan fingerprint density at radius 2 is 2.09 bits per heavy atom. The third-order valence-corrected chi connectivity index (χ3v) is 6.72. The highest BCUT2D eigenvalue weighted by Crippen LogP contribution is 2.44. The monoisotopic (exact) mass is 476 g/mol. The first-order valence-electron chi connectivity index (χ1n) is 11.8. The minimum Gasteiger partial charge on any atom is -0.457 e. The molecule has 2 aromatic heterocycles. The molecule has 5 rings (SSSR count). The lowest BCUT2D eigenvalue weighted by atomic mass is 9.85. The molecular formula is C26H28N4O5. The van der Waals surface area contributed by atoms with Crippen LogP contribution in [-0.4, -0.2) is 28.0 Å². The van der Waals surface area contributed by atoms with Gasteiger partial charge in [0.1, 0.15) is 6.61 Å². The zero-order chi connectivity index (χ0) is 25.1. The molecule has 2 aliphatic rings. The van der Waals surface area contributed by atoms with Crippen molar-refractivity contribution in [3.63, 3.8) is 0 Å². The number of nitrogens with one attached hydrogen (secondary N) is 1. The van der Waals surface area contributed by atoms with Gasteiger partial charge in [-0.25, -0.2) is 9.78 Å². The number of ether oxygens (including phenoxy) is 2. The van der Waals surface area contributed by atoms with E-state index in [0.29, 0.717) is 46.2 Å². The Kier molecular flexibility index (Phi) is 5.30. The average molecular weight is 477 g/mol. The summed E-state index contributed by atoms with van der Waals surface area (Å²) in [5.74, 6) is -0.920. The van der Waals surface area contributed by atoms with Gasteiger partial charge in [0.15, 0.2) is 0 Å². The van der Waals surface area contributed by atoms with Gasteiger partial charge in [0.2, 0.25) is 5.60 Å². The summed E-state index contributed by atoms with van der Waals surface area (Å²) in [7, 11) is 0. The van der Waals surface area contributed by atoms with Crippen molar-refractivity contribution in [3.8, 4) is 11.4 Å². The molecule has 0 amide bonds. The molecule has 0 saturated carbocycles. The van der Waals surface area contributed by atoms with Crippen LogP contribution in [0.4, 0.5) is 11.4 Å². The normalized spacial score (nSPS) is 18.1. The van der Waals surface area contributed by atoms with Gasteiger partial charge in [-0.05, 0) is 30.5 Å². The summed E-state index contributed by atoms with van der Waals surface area (Å²) in [4.78, 5) is 43.4. The lowest BCUT2D eigenvalue weighted by molar-refractivity contribution is -0.188. The number of esters is 2. The molecule has 0 fully saturated rings. The summed E-state index contributed by atoms with van der Waals surface area (Å²) in [5, 5.41) is 4.35. The maximum atomic E-state index is 13.7. The van der Waals surface area contributed by atoms with Crippen LogP contribution in [0, 0.1) is 5.92 Å². The van der Waals surface area contributed by atoms with E-state index < -0.39 is 17.5 Å². The Hall–Kier alpha value is -3.88. The topological polar surface area (TPSA) is 126 Å². The van der Waals surface area contributed by atoms with Crippen molar-refractivity contribution in [2.24, 2.45) is 5.92 Å². The van der Waals surface area contributed by atoms with Gasteiger partial charge in [-0.15, -0.1) is 0 Å². The lowest BCUT2D eigenvalue weighted by Crippen LogP contribution is -2.47. The minimum absolute atomic E-state index is 0.136. The Morgan fingerprint density at radius 3 is 2.77 bits per heavy atom. The summed E-state index contributed by atoms with van der Waals surface area (Å²) in [6.45, 7) is 8.03. The highest BCUT2D eigenvalue weighted by Gasteiger charge is 2.50. The molecule has 0 aliphatic carbocycles. The van der Waals surface area contributed by atoms with Gasteiger partial charge in [0.05, 0.1) is 34.7 Å². The van der Waals surface area contributed by atoms with E-state index in [9.17, 15) is 14.4 Å². The van der Waals surface area contributed by atoms with Gasteiger partial charge in [-0.3, -0.25) is 9.59 Å². The molecule has 2 aliphatic heterocycles. The molecule has 0 spiro atoms. The van der Waals surface area contributed by atoms with E-state index in [1.807, 2.05) is 18.2 Å². The first kappa shape index (κ1) is 22.9. The molecular weight excluding hydrogens is 448 g/mol. The van der Waals surface area contributed by atoms with Crippen LogP contribution < -0.4 is 16.6 Å². The summed E-state index contributed by atoms with van der Waals surface area (Å²) in [6.07, 6.45) is 0.136. The van der Waals surface area contributed by atoms with E-state index in [4.69, 9.17) is 20.2 Å². The molecule has 0 radical (unpaired) electrons. The van der Waals surface area contributed by atoms with Gasteiger partial charge < -0.3 is 25.1 Å². The molecule has 4 heterocycles. The highest BCUT2D eigenvalue weighted by atomic mass is 16.6. The second kappa shape index (κ2) is 8.11. The third-order valence-electron chi connectivity index (χ3n) is 6.72. The fourth-order valence-electron chi connectivity index (χ4n) is 5.06. The number of pyridine rings is 2. The molecule has 3 aromatic rings. The minimum atomic E-state index is -1.67. The van der Waals surface area contributed by atoms with E-state index in [0.717, 1.165) is 23.2 Å². The molecule has 0 bridgehead atoms. The number of fused-ring (bicyclic) bond motifs is 5. The fraction of sp³-hybridized carbons (Fsp3) is 0.385. The zero-order valence-electron chi connectivity index (χ0n) is 20.2. The van der Waals surface area contributed by atoms with E-state index in [2.05, 4.69) is 19.2 Å². The number of nitrogens with zero attached hydrogens (tertiary/aromatic N) is 2. The molecule has 182 valence electrons. The summed E-state index contributed by atoms with van der Waals surface area (Å²) >= 11 is 0. The number of rotatable bonds is 5. The second-order valence-corrected chi connectivity index (χ2v) is 9.49. The molecule has 35 heavy (non-hydrogen) atoms. The van der Waals surface area contributed by atoms with Crippen LogP contribution >= 0.6 is 0 Å². The van der Waals surface area contributed by atoms with Crippen LogP contribution in [-0.2, 0) is 37.8 Å². The molecule has 9 heteroatoms. The van der Waals surface area contributed by atoms with Crippen molar-refractivity contribution in [1.29, 1.82) is 0 Å². The molecule has 9 nitrogen and oxygen atoms in total. The van der Waals surface area contributed by atoms with Crippen molar-refractivity contribution < 1.29 is 19.1 Å². The van der Waals surface area contributed by atoms with Gasteiger partial charge >= 0.3 is 11.9 Å². The molecule has 3 N–H and O–H groups in total. The van der Waals surface area contributed by atoms with Crippen LogP contribution in [0.3, 0.4) is 0 Å². The lowest BCUT2D eigenvalue weighted by Gasteiger charge is -2.35. The largest absolute Gasteiger partial charge is 0.457 e. The number of hydrogen-bond acceptors (Lipinski definition) is 8. The maximum absolute atomic E-state index is 13.7. The van der Waals surface area contributed by atoms with E-state index in [1.165, 1.54) is 6.92 Å². The standard InChI is InChI=1S/C26H28N4O5/c1-5-26(35-14(4)31)17-9-20-22-15(11-30(20)24(32)16(17)12-34-25(26)33)23(28-10-13(2)3)21-18(27)7-6-8-19(21)29-22/h6-9,13H,5,10-12,27H2,1-4H3,(H,28,29)/t26-/m0/s1. The Labute approximate surface area is 202 Å². The number of aromatic nitrogens is 2. The number of nitrogens with two attached hydrogens (primary N) is 1. The predicted molar refractivity (Wildman–Crippen MR) is 132 cm³/mol. The molecule has 1 atom stereocenters. The van der Waals surface area contributed by atoms with Crippen LogP contribution in [0.5, 0.6) is 0 Å². The molecule has 1 aromatic carbocycles. The summed E-state index contributed by atoms with van der Waals surface area (Å²) < 4.78 is 12.5. The fourth-order valence-corrected chi connectivity index (χ4v) is 5.06. The maximum Gasteiger partial charge on any atom is 0.355 e. The van der Waals surface area contributed by atoms with Crippen molar-refractivity contribution in [2.45, 2.75) is 52.9 Å². The van der Waals surface area contributed by atoms with Gasteiger partial charge in [0, 0.05) is 35.7 Å². The van der Waals surface area contributed by atoms with Crippen molar-refractivity contribution in [3.05, 3.63) is 51.3 Å². The number of carbonyl (C=O) groups is 2. The van der Waals surface area contributed by atoms with E-state index in [1.54, 1.807) is 17.6 Å². The summed E-state index contributed by atoms with van der Waals surface area (Å²) in [6, 6.07) is 7.32. The number of cyclic esters (lactones) is 1. The van der Waals surface area contributed by atoms with Crippen molar-refractivity contribution >= 4 is 34.2 Å². The quantitative estimate of drug-likeness (QED) is 0.332. The first-order chi connectivity index (χ1) is 16.7. The van der Waals surface area contributed by atoms with E-state index in [-0.39, 0.29) is 18.6 Å². The van der Waals surface area contributed by atoms with Crippen LogP contribution in [0.25, 0.3) is 22.3 Å². The number of hydrogen-bond donors (Lipinski definition) is 2. The Morgan fingerprint density at radius 1 is 1.31 bits per heavy atom. The number of benzene rings is 1. The number of anilines is 2. The predicted octanol–water partition coefficient (Wildman–Crippen LogP) is 3.30. The number of nitrogen functional groups attached to an aromatic ring is 1. The summed E-state index contributed by atoms with van der Waals surface area (Å²) in [5.41, 5.74) is 9.30. The van der Waals surface area contributed by atoms with Crippen LogP contribution in [0.15, 0.2) is 29.1 Å². The molecule has 0 unspecified atom stereocenters. The van der Waals surface area contributed by atoms with Crippen LogP contribution in [0.1, 0.15) is 50.8 Å². The van der Waals surface area contributed by atoms with Crippen molar-refractivity contribution in [2.75, 3.05) is 17.6 Å². The van der Waals surface area contributed by atoms with Gasteiger partial charge in [-0.2, -0.15) is 0 Å². The van der Waals surface area contributed by atoms with Gasteiger partial charge in [-0.1, -0.05) is 26.8 Å². The highest BCUT2D eigenvalue weighted by molar-refractivity contribution is 6.04. The first-order valence-corrected chi connectivity index (χ1v) is 11.8. The third kappa shape index (κ3) is 3.37. The van der Waals surface area contributed by atoms with Crippen LogP contribution in [0.2, 0.25) is 0 Å². The van der Waals surface area contributed by atoms with Gasteiger partial charge in [0.25, 0.3) is 5.56 Å². The van der Waals surface area contributed by atoms with Crippen molar-refractivity contribution in [1.82, 2.24) is 9.55 Å². The second-order valence-electron chi connectivity index (χ2n) is 9.49. The average Bonchev–Trinajstić information content (AvgIpc) is 3.17. The molecule has 0 saturated heterocycles. The van der Waals surface area contributed by atoms with E-state index >= 15 is 0 Å².